The van der Waals surface area contributed by atoms with E-state index < -0.39 is 0 Å². The van der Waals surface area contributed by atoms with Gasteiger partial charge in [0.15, 0.2) is 0 Å². The summed E-state index contributed by atoms with van der Waals surface area (Å²) in [6.07, 6.45) is 61.7. The highest BCUT2D eigenvalue weighted by atomic mass is 16.5. The molecule has 149 heavy (non-hydrogen) atoms. The summed E-state index contributed by atoms with van der Waals surface area (Å²) in [6.45, 7) is 93.5. The predicted octanol–water partition coefficient (Wildman–Crippen LogP) is 24.5. The highest BCUT2D eigenvalue weighted by Gasteiger charge is 2.46. The lowest BCUT2D eigenvalue weighted by Crippen LogP contribution is -2.55. The molecule has 19 nitrogen and oxygen atoms in total. The number of piperidine rings is 4. The second kappa shape index (κ2) is 70.4. The number of fused-ring (bicyclic) bond motifs is 4. The Kier molecular flexibility index (Phi) is 59.7. The van der Waals surface area contributed by atoms with Gasteiger partial charge in [-0.3, -0.25) is 14.7 Å². The molecule has 0 aromatic carbocycles. The van der Waals surface area contributed by atoms with Crippen molar-refractivity contribution < 1.29 is 33.2 Å². The molecule has 0 amide bonds. The molecule has 0 aromatic rings. The fourth-order valence-corrected chi connectivity index (χ4v) is 31.4. The van der Waals surface area contributed by atoms with Crippen LogP contribution in [0.25, 0.3) is 0 Å². The van der Waals surface area contributed by atoms with Gasteiger partial charge in [-0.1, -0.05) is 126 Å². The summed E-state index contributed by atoms with van der Waals surface area (Å²) in [5, 5.41) is 0. The minimum atomic E-state index is 0.515. The zero-order valence-electron chi connectivity index (χ0n) is 101. The molecular formula is C130H248N12O7. The minimum absolute atomic E-state index is 0.515. The van der Waals surface area contributed by atoms with Crippen molar-refractivity contribution in [1.82, 2.24) is 58.8 Å². The number of hydrogen-bond acceptors (Lipinski definition) is 19. The normalized spacial score (nSPS) is 34.9. The first-order valence-corrected chi connectivity index (χ1v) is 66.0. The molecule has 19 heteroatoms. The predicted molar refractivity (Wildman–Crippen MR) is 630 cm³/mol. The first kappa shape index (κ1) is 126. The lowest BCUT2D eigenvalue weighted by molar-refractivity contribution is 0.00475. The van der Waals surface area contributed by atoms with Crippen LogP contribution in [0, 0.1) is 123 Å². The van der Waals surface area contributed by atoms with Gasteiger partial charge in [0.25, 0.3) is 0 Å². The minimum Gasteiger partial charge on any atom is -0.381 e. The van der Waals surface area contributed by atoms with Crippen LogP contribution in [0.3, 0.4) is 0 Å². The molecule has 0 radical (unpaired) electrons. The summed E-state index contributed by atoms with van der Waals surface area (Å²) >= 11 is 0. The molecule has 870 valence electrons. The van der Waals surface area contributed by atoms with E-state index >= 15 is 0 Å². The van der Waals surface area contributed by atoms with Crippen LogP contribution in [0.4, 0.5) is 0 Å². The number of nitrogens with zero attached hydrogens (tertiary/aromatic N) is 12. The van der Waals surface area contributed by atoms with Gasteiger partial charge in [-0.2, -0.15) is 0 Å². The Morgan fingerprint density at radius 2 is 0.510 bits per heavy atom. The van der Waals surface area contributed by atoms with Gasteiger partial charge in [-0.05, 0) is 456 Å². The lowest BCUT2D eigenvalue weighted by Gasteiger charge is -2.47. The summed E-state index contributed by atoms with van der Waals surface area (Å²) in [7, 11) is 0. The average molecular weight is 2090 g/mol. The highest BCUT2D eigenvalue weighted by molar-refractivity contribution is 5.01. The molecule has 0 spiro atoms. The molecular weight excluding hydrogens is 1840 g/mol. The van der Waals surface area contributed by atoms with E-state index in [1.165, 1.54) is 466 Å². The molecule has 5 unspecified atom stereocenters. The Bertz CT molecular complexity index is 3310. The molecule has 10 saturated heterocycles. The molecule has 5 atom stereocenters. The van der Waals surface area contributed by atoms with E-state index in [1.807, 2.05) is 0 Å². The van der Waals surface area contributed by atoms with Gasteiger partial charge < -0.3 is 77.3 Å². The van der Waals surface area contributed by atoms with Gasteiger partial charge in [-0.25, -0.2) is 0 Å². The average Bonchev–Trinajstić information content (AvgIpc) is 1.57. The second-order valence-electron chi connectivity index (χ2n) is 54.3. The van der Waals surface area contributed by atoms with Crippen molar-refractivity contribution >= 4 is 0 Å². The maximum Gasteiger partial charge on any atom is 0.0494 e. The molecule has 19 fully saturated rings. The number of ether oxygens (including phenoxy) is 7. The van der Waals surface area contributed by atoms with Crippen LogP contribution in [-0.2, 0) is 33.2 Å². The van der Waals surface area contributed by atoms with Gasteiger partial charge >= 0.3 is 0 Å². The maximum atomic E-state index is 5.54. The topological polar surface area (TPSA) is 103 Å². The van der Waals surface area contributed by atoms with Gasteiger partial charge in [0.1, 0.15) is 0 Å². The van der Waals surface area contributed by atoms with E-state index in [9.17, 15) is 0 Å². The molecule has 11 heterocycles. The Morgan fingerprint density at radius 3 is 0.846 bits per heavy atom. The van der Waals surface area contributed by atoms with E-state index in [0.717, 1.165) is 229 Å². The molecule has 0 aromatic heterocycles. The van der Waals surface area contributed by atoms with E-state index in [2.05, 4.69) is 189 Å². The molecule has 11 aliphatic heterocycles. The Hall–Kier alpha value is -1.02. The Balaban J connectivity index is 0.000000149. The van der Waals surface area contributed by atoms with E-state index in [1.54, 1.807) is 0 Å². The number of hydrogen-bond donors (Lipinski definition) is 0. The van der Waals surface area contributed by atoms with Crippen molar-refractivity contribution in [2.24, 2.45) is 123 Å². The van der Waals surface area contributed by atoms with Crippen molar-refractivity contribution in [3.8, 4) is 0 Å². The molecule has 9 saturated carbocycles. The summed E-state index contributed by atoms with van der Waals surface area (Å²) in [6, 6.07) is 3.65. The molecule has 20 aliphatic rings. The standard InChI is InChI=1S/C17H33NO.C16H30N2O.C15H30N2O.C15H27NO.C15H29NO.C14H27NO.C13H26N2.C13H23NO.C12H23N/c1-5-16-7-8-18(13-17(16,3)4)11-14-9-15(10-14)12-19-6-2;1-3-17-10-15-5-6-16(11-17)18(15)9-13-7-14(8-13)12-19-4-2;1-3-16-6-5-7-17(9-8-16)12-14-10-15(11-14)13-18-4-2;1-2-17-11-13-8-12(9-13)10-16-14-4-3-5-15(16)7-6-14;1-4-17-11-14-8-13(9-14)10-16-7-5-6-15(2,3)12-16;1-2-16-12-14-9-13(10-14)11-15-7-5-3-4-6-8-15;1-3-12-9-13(10-12)11-15-7-5-14(4-2)6-8-15;1-2-15-11-13-8-12(9-13)10-14-6-4-3-5-7-14;1-2-11-8-12(9-11)10-13-6-4-3-5-7-13/h14-16H,5-13H2,1-4H3;13-16H,3-12H2,1-2H3;14-15H,3-13H2,1-2H3;12-15H,2-11H2,1H3;13-14H,4-12H2,1-3H3;13-14H,2-12H2,1H3;12-13H,3-11H2,1-2H3;3-4,12-13H,2,5-11H2,1H3;11-12H,2-10H2,1H3. The monoisotopic (exact) mass is 2090 g/mol. The number of rotatable bonds is 45. The van der Waals surface area contributed by atoms with Crippen LogP contribution in [0.1, 0.15) is 375 Å². The quantitative estimate of drug-likeness (QED) is 0.0540. The van der Waals surface area contributed by atoms with Crippen LogP contribution in [-0.4, -0.2) is 385 Å². The zero-order valence-corrected chi connectivity index (χ0v) is 101. The first-order valence-electron chi connectivity index (χ1n) is 66.0. The van der Waals surface area contributed by atoms with E-state index in [0.29, 0.717) is 10.8 Å². The second-order valence-corrected chi connectivity index (χ2v) is 54.3. The van der Waals surface area contributed by atoms with Crippen LogP contribution in [0.5, 0.6) is 0 Å². The van der Waals surface area contributed by atoms with Crippen LogP contribution >= 0.6 is 0 Å². The van der Waals surface area contributed by atoms with Crippen molar-refractivity contribution in [3.63, 3.8) is 0 Å². The Labute approximate surface area is 922 Å². The van der Waals surface area contributed by atoms with E-state index in [4.69, 9.17) is 33.2 Å². The van der Waals surface area contributed by atoms with Gasteiger partial charge in [0.2, 0.25) is 0 Å². The fourth-order valence-electron chi connectivity index (χ4n) is 31.4. The fraction of sp³-hybridized carbons (Fsp3) is 0.985. The largest absolute Gasteiger partial charge is 0.381 e. The molecule has 4 bridgehead atoms. The molecule has 9 aliphatic carbocycles. The van der Waals surface area contributed by atoms with E-state index in [-0.39, 0.29) is 0 Å². The van der Waals surface area contributed by atoms with Crippen molar-refractivity contribution in [3.05, 3.63) is 12.2 Å². The van der Waals surface area contributed by atoms with Gasteiger partial charge in [-0.15, -0.1) is 0 Å². The maximum absolute atomic E-state index is 5.54. The third-order valence-electron chi connectivity index (χ3n) is 40.9. The third-order valence-corrected chi connectivity index (χ3v) is 40.9. The number of piperazine rings is 2. The number of likely N-dealkylation sites (tertiary alicyclic amines) is 5. The summed E-state index contributed by atoms with van der Waals surface area (Å²) < 4.78 is 38.5. The van der Waals surface area contributed by atoms with Crippen molar-refractivity contribution in [2.45, 2.75) is 399 Å². The summed E-state index contributed by atoms with van der Waals surface area (Å²) in [5.41, 5.74) is 1.06. The SMILES string of the molecule is CCC1CC(CN2CCCCC2)C1.CCC1CC(CN2CCN(CC)CC2)C1.CCOCC1CC(CN2C3CCC2CN(CC)C3)C1.CCOCC1CC(CN2C3CCCC2CC3)C1.CCOCC1CC(CN2CC=CCC2)C1.CCOCC1CC(CN2CCC(CC)C(C)(C)C2)C1.CCOCC1CC(CN2CCCC(C)(C)C2)C1.CCOCC1CC(CN2CCCCCC2)C1.CCOCC1CC(CN2CCCN(CC)CC2)C1. The molecule has 20 rings (SSSR count). The van der Waals surface area contributed by atoms with Crippen LogP contribution < -0.4 is 0 Å². The third kappa shape index (κ3) is 45.4. The van der Waals surface area contributed by atoms with Gasteiger partial charge in [0, 0.05) is 254 Å². The number of likely N-dealkylation sites (N-methyl/N-ethyl adjacent to an activating group) is 3. The van der Waals surface area contributed by atoms with Crippen LogP contribution in [0.2, 0.25) is 0 Å². The van der Waals surface area contributed by atoms with Gasteiger partial charge in [0.05, 0.1) is 0 Å². The van der Waals surface area contributed by atoms with Crippen molar-refractivity contribution in [2.75, 3.05) is 302 Å². The highest BCUT2D eigenvalue weighted by Crippen LogP contribution is 2.47. The smallest absolute Gasteiger partial charge is 0.0494 e. The van der Waals surface area contributed by atoms with Crippen molar-refractivity contribution in [1.29, 1.82) is 0 Å². The Morgan fingerprint density at radius 1 is 0.221 bits per heavy atom. The lowest BCUT2D eigenvalue weighted by atomic mass is 9.71. The van der Waals surface area contributed by atoms with Crippen LogP contribution in [0.15, 0.2) is 12.2 Å². The summed E-state index contributed by atoms with van der Waals surface area (Å²) in [5.74, 6) is 17.9. The zero-order chi connectivity index (χ0) is 105. The first-order chi connectivity index (χ1) is 72.6. The molecule has 0 N–H and O–H groups in total. The summed E-state index contributed by atoms with van der Waals surface area (Å²) in [4.78, 5) is 32.3.